The Balaban J connectivity index is 1.76. The smallest absolute Gasteiger partial charge is 0.167 e. The van der Waals surface area contributed by atoms with Crippen molar-refractivity contribution in [2.45, 2.75) is 38.1 Å². The third kappa shape index (κ3) is 2.13. The second kappa shape index (κ2) is 5.48. The quantitative estimate of drug-likeness (QED) is 0.578. The molecule has 3 heterocycles. The zero-order chi connectivity index (χ0) is 15.9. The van der Waals surface area contributed by atoms with Gasteiger partial charge in [-0.3, -0.25) is 4.40 Å². The molecule has 24 heavy (non-hydrogen) atoms. The highest BCUT2D eigenvalue weighted by atomic mass is 15.1. The van der Waals surface area contributed by atoms with Crippen LogP contribution in [0.15, 0.2) is 48.7 Å². The van der Waals surface area contributed by atoms with Crippen LogP contribution in [0.5, 0.6) is 0 Å². The summed E-state index contributed by atoms with van der Waals surface area (Å²) in [5.41, 5.74) is 2.86. The standard InChI is InChI=1S/C20H20N4/c1-2-8-14(9-3-1)21-19-16-11-5-4-10-15(16)18-20(23-19)24-13-7-6-12-17(24)22-18/h4-7,10-14H,1-3,8-9H2,(H,21,23). The maximum atomic E-state index is 4.97. The normalized spacial score (nSPS) is 16.2. The van der Waals surface area contributed by atoms with Gasteiger partial charge in [0.2, 0.25) is 0 Å². The molecule has 0 spiro atoms. The molecule has 0 radical (unpaired) electrons. The molecule has 0 saturated heterocycles. The molecule has 0 aliphatic heterocycles. The Morgan fingerprint density at radius 3 is 2.54 bits per heavy atom. The van der Waals surface area contributed by atoms with Crippen LogP contribution in [0, 0.1) is 0 Å². The third-order valence-corrected chi connectivity index (χ3v) is 5.11. The van der Waals surface area contributed by atoms with Crippen molar-refractivity contribution >= 4 is 33.4 Å². The molecule has 4 nitrogen and oxygen atoms in total. The van der Waals surface area contributed by atoms with Crippen molar-refractivity contribution in [1.29, 1.82) is 0 Å². The Morgan fingerprint density at radius 1 is 0.875 bits per heavy atom. The molecule has 1 aliphatic carbocycles. The van der Waals surface area contributed by atoms with Crippen molar-refractivity contribution < 1.29 is 0 Å². The van der Waals surface area contributed by atoms with Gasteiger partial charge in [0.05, 0.1) is 0 Å². The minimum atomic E-state index is 0.534. The highest BCUT2D eigenvalue weighted by molar-refractivity contribution is 6.08. The fourth-order valence-electron chi connectivity index (χ4n) is 3.88. The molecular formula is C20H20N4. The average Bonchev–Trinajstić information content (AvgIpc) is 3.02. The van der Waals surface area contributed by atoms with E-state index in [0.29, 0.717) is 6.04 Å². The maximum Gasteiger partial charge on any atom is 0.167 e. The van der Waals surface area contributed by atoms with Crippen molar-refractivity contribution in [2.75, 3.05) is 5.32 Å². The van der Waals surface area contributed by atoms with E-state index in [1.54, 1.807) is 0 Å². The largest absolute Gasteiger partial charge is 0.367 e. The van der Waals surface area contributed by atoms with E-state index in [1.165, 1.54) is 42.9 Å². The number of nitrogens with zero attached hydrogens (tertiary/aromatic N) is 3. The number of aromatic nitrogens is 3. The molecule has 1 saturated carbocycles. The first-order valence-electron chi connectivity index (χ1n) is 8.82. The summed E-state index contributed by atoms with van der Waals surface area (Å²) in [5.74, 6) is 0.996. The van der Waals surface area contributed by atoms with Gasteiger partial charge >= 0.3 is 0 Å². The van der Waals surface area contributed by atoms with Gasteiger partial charge in [-0.25, -0.2) is 9.97 Å². The summed E-state index contributed by atoms with van der Waals surface area (Å²) in [6.07, 6.45) is 8.50. The highest BCUT2D eigenvalue weighted by Gasteiger charge is 2.17. The molecule has 0 atom stereocenters. The van der Waals surface area contributed by atoms with Gasteiger partial charge in [-0.2, -0.15) is 0 Å². The van der Waals surface area contributed by atoms with Crippen LogP contribution < -0.4 is 5.32 Å². The van der Waals surface area contributed by atoms with Gasteiger partial charge in [0, 0.05) is 23.0 Å². The zero-order valence-electron chi connectivity index (χ0n) is 13.6. The lowest BCUT2D eigenvalue weighted by Gasteiger charge is -2.24. The number of hydrogen-bond acceptors (Lipinski definition) is 3. The molecule has 0 unspecified atom stereocenters. The maximum absolute atomic E-state index is 4.97. The Bertz CT molecular complexity index is 1030. The predicted molar refractivity (Wildman–Crippen MR) is 98.5 cm³/mol. The predicted octanol–water partition coefficient (Wildman–Crippen LogP) is 4.78. The van der Waals surface area contributed by atoms with Crippen molar-refractivity contribution in [3.05, 3.63) is 48.7 Å². The lowest BCUT2D eigenvalue weighted by Crippen LogP contribution is -2.23. The van der Waals surface area contributed by atoms with Crippen molar-refractivity contribution in [2.24, 2.45) is 0 Å². The molecule has 1 N–H and O–H groups in total. The molecule has 5 rings (SSSR count). The summed E-state index contributed by atoms with van der Waals surface area (Å²) in [6.45, 7) is 0. The summed E-state index contributed by atoms with van der Waals surface area (Å²) in [6, 6.07) is 15.1. The summed E-state index contributed by atoms with van der Waals surface area (Å²) in [5, 5.41) is 6.05. The van der Waals surface area contributed by atoms with Gasteiger partial charge in [-0.15, -0.1) is 0 Å². The number of benzene rings is 1. The minimum absolute atomic E-state index is 0.534. The van der Waals surface area contributed by atoms with Crippen LogP contribution >= 0.6 is 0 Å². The van der Waals surface area contributed by atoms with Crippen LogP contribution in [-0.4, -0.2) is 20.4 Å². The molecule has 1 aromatic carbocycles. The number of nitrogens with one attached hydrogen (secondary N) is 1. The minimum Gasteiger partial charge on any atom is -0.367 e. The van der Waals surface area contributed by atoms with Crippen molar-refractivity contribution in [1.82, 2.24) is 14.4 Å². The van der Waals surface area contributed by atoms with E-state index >= 15 is 0 Å². The van der Waals surface area contributed by atoms with Crippen molar-refractivity contribution in [3.8, 4) is 0 Å². The number of pyridine rings is 2. The van der Waals surface area contributed by atoms with Gasteiger partial charge in [-0.05, 0) is 25.0 Å². The zero-order valence-corrected chi connectivity index (χ0v) is 13.6. The van der Waals surface area contributed by atoms with E-state index in [9.17, 15) is 0 Å². The first kappa shape index (κ1) is 13.8. The van der Waals surface area contributed by atoms with E-state index in [4.69, 9.17) is 9.97 Å². The fraction of sp³-hybridized carbons (Fsp3) is 0.300. The number of hydrogen-bond donors (Lipinski definition) is 1. The van der Waals surface area contributed by atoms with E-state index < -0.39 is 0 Å². The van der Waals surface area contributed by atoms with Gasteiger partial charge in [0.25, 0.3) is 0 Å². The fourth-order valence-corrected chi connectivity index (χ4v) is 3.88. The molecule has 3 aromatic heterocycles. The highest BCUT2D eigenvalue weighted by Crippen LogP contribution is 2.31. The van der Waals surface area contributed by atoms with Crippen molar-refractivity contribution in [3.63, 3.8) is 0 Å². The lowest BCUT2D eigenvalue weighted by atomic mass is 9.95. The van der Waals surface area contributed by atoms with Crippen LogP contribution in [0.1, 0.15) is 32.1 Å². The molecule has 1 aliphatic rings. The van der Waals surface area contributed by atoms with E-state index in [-0.39, 0.29) is 0 Å². The van der Waals surface area contributed by atoms with E-state index in [2.05, 4.69) is 34.0 Å². The van der Waals surface area contributed by atoms with Crippen LogP contribution in [-0.2, 0) is 0 Å². The average molecular weight is 316 g/mol. The molecule has 0 bridgehead atoms. The van der Waals surface area contributed by atoms with Crippen LogP contribution in [0.2, 0.25) is 0 Å². The van der Waals surface area contributed by atoms with E-state index in [0.717, 1.165) is 22.6 Å². The Labute approximate surface area is 140 Å². The third-order valence-electron chi connectivity index (χ3n) is 5.11. The summed E-state index contributed by atoms with van der Waals surface area (Å²) >= 11 is 0. The second-order valence-electron chi connectivity index (χ2n) is 6.70. The lowest BCUT2D eigenvalue weighted by molar-refractivity contribution is 0.462. The first-order valence-corrected chi connectivity index (χ1v) is 8.82. The number of fused-ring (bicyclic) bond motifs is 5. The van der Waals surface area contributed by atoms with Crippen LogP contribution in [0.3, 0.4) is 0 Å². The Hall–Kier alpha value is -2.62. The second-order valence-corrected chi connectivity index (χ2v) is 6.70. The van der Waals surface area contributed by atoms with E-state index in [1.807, 2.05) is 24.4 Å². The SMILES string of the molecule is c1ccc2c(c1)c(NC1CCCCC1)nc1c2nc2ccccn21. The Morgan fingerprint density at radius 2 is 1.67 bits per heavy atom. The molecule has 4 heteroatoms. The van der Waals surface area contributed by atoms with Crippen LogP contribution in [0.4, 0.5) is 5.82 Å². The number of rotatable bonds is 2. The molecule has 1 fully saturated rings. The summed E-state index contributed by atoms with van der Waals surface area (Å²) < 4.78 is 2.08. The molecule has 0 amide bonds. The number of imidazole rings is 1. The van der Waals surface area contributed by atoms with Gasteiger partial charge < -0.3 is 5.32 Å². The molecule has 4 aromatic rings. The summed E-state index contributed by atoms with van der Waals surface area (Å²) in [4.78, 5) is 9.78. The number of anilines is 1. The topological polar surface area (TPSA) is 42.2 Å². The van der Waals surface area contributed by atoms with Crippen LogP contribution in [0.25, 0.3) is 27.6 Å². The molecular weight excluding hydrogens is 296 g/mol. The first-order chi connectivity index (χ1) is 11.9. The summed E-state index contributed by atoms with van der Waals surface area (Å²) in [7, 11) is 0. The van der Waals surface area contributed by atoms with Gasteiger partial charge in [-0.1, -0.05) is 49.6 Å². The monoisotopic (exact) mass is 316 g/mol. The van der Waals surface area contributed by atoms with Gasteiger partial charge in [0.15, 0.2) is 5.65 Å². The Kier molecular flexibility index (Phi) is 3.15. The van der Waals surface area contributed by atoms with Gasteiger partial charge in [0.1, 0.15) is 17.0 Å². The molecule has 120 valence electrons.